The third-order valence-electron chi connectivity index (χ3n) is 6.79. The van der Waals surface area contributed by atoms with Crippen LogP contribution in [0.15, 0.2) is 65.7 Å². The lowest BCUT2D eigenvalue weighted by atomic mass is 9.92. The van der Waals surface area contributed by atoms with Crippen LogP contribution in [0, 0.1) is 5.92 Å². The van der Waals surface area contributed by atoms with Crippen LogP contribution in [0.5, 0.6) is 0 Å². The number of amides is 1. The lowest BCUT2D eigenvalue weighted by Crippen LogP contribution is -2.44. The Morgan fingerprint density at radius 1 is 1.23 bits per heavy atom. The summed E-state index contributed by atoms with van der Waals surface area (Å²) in [4.78, 5) is 23.0. The van der Waals surface area contributed by atoms with Gasteiger partial charge in [-0.25, -0.2) is 4.98 Å². The van der Waals surface area contributed by atoms with E-state index in [1.165, 1.54) is 5.52 Å². The predicted octanol–water partition coefficient (Wildman–Crippen LogP) is 4.92. The summed E-state index contributed by atoms with van der Waals surface area (Å²) in [5, 5.41) is 3.28. The van der Waals surface area contributed by atoms with Crippen LogP contribution in [-0.2, 0) is 11.2 Å². The number of fused-ring (bicyclic) bond motifs is 4. The number of para-hydroxylation sites is 1. The highest BCUT2D eigenvalue weighted by Crippen LogP contribution is 2.34. The number of H-pyrrole nitrogens is 1. The van der Waals surface area contributed by atoms with Gasteiger partial charge in [-0.05, 0) is 30.5 Å². The number of hydrogen-bond acceptors (Lipinski definition) is 3. The fraction of sp³-hybridized carbons (Fsp3) is 0.280. The summed E-state index contributed by atoms with van der Waals surface area (Å²) in [6.45, 7) is 3.80. The molecule has 6 nitrogen and oxygen atoms in total. The van der Waals surface area contributed by atoms with Gasteiger partial charge in [-0.15, -0.1) is 0 Å². The van der Waals surface area contributed by atoms with Crippen LogP contribution >= 0.6 is 0 Å². The molecule has 1 aromatic carbocycles. The zero-order valence-electron chi connectivity index (χ0n) is 17.4. The number of nitrogens with one attached hydrogen (secondary N) is 1. The zero-order valence-corrected chi connectivity index (χ0v) is 17.4. The molecule has 0 saturated carbocycles. The van der Waals surface area contributed by atoms with Gasteiger partial charge in [-0.2, -0.15) is 0 Å². The lowest BCUT2D eigenvalue weighted by molar-refractivity contribution is -0.132. The van der Waals surface area contributed by atoms with Crippen LogP contribution in [-0.4, -0.2) is 38.4 Å². The number of likely N-dealkylation sites (tertiary alicyclic amines) is 1. The summed E-state index contributed by atoms with van der Waals surface area (Å²) in [5.74, 6) is 0.643. The third-order valence-corrected chi connectivity index (χ3v) is 6.79. The van der Waals surface area contributed by atoms with E-state index in [1.807, 2.05) is 41.6 Å². The Labute approximate surface area is 179 Å². The summed E-state index contributed by atoms with van der Waals surface area (Å²) < 4.78 is 7.98. The summed E-state index contributed by atoms with van der Waals surface area (Å²) in [5.41, 5.74) is 3.88. The average Bonchev–Trinajstić information content (AvgIpc) is 3.52. The molecule has 1 aliphatic heterocycles. The number of nitrogens with zero attached hydrogens (tertiary/aromatic N) is 3. The number of carbonyl (C=O) groups is 1. The van der Waals surface area contributed by atoms with Crippen LogP contribution in [0.2, 0.25) is 0 Å². The molecule has 1 N–H and O–H groups in total. The van der Waals surface area contributed by atoms with E-state index in [4.69, 9.17) is 4.42 Å². The van der Waals surface area contributed by atoms with Gasteiger partial charge < -0.3 is 18.9 Å². The molecule has 6 rings (SSSR count). The second kappa shape index (κ2) is 7.01. The quantitative estimate of drug-likeness (QED) is 0.458. The molecule has 5 aromatic rings. The van der Waals surface area contributed by atoms with Crippen molar-refractivity contribution in [3.63, 3.8) is 0 Å². The Balaban J connectivity index is 1.30. The molecule has 5 heterocycles. The van der Waals surface area contributed by atoms with Gasteiger partial charge in [0, 0.05) is 53.4 Å². The minimum atomic E-state index is 0.161. The molecule has 1 fully saturated rings. The van der Waals surface area contributed by atoms with Gasteiger partial charge in [0.15, 0.2) is 0 Å². The molecular formula is C25H24N4O2. The average molecular weight is 412 g/mol. The van der Waals surface area contributed by atoms with E-state index in [0.29, 0.717) is 18.9 Å². The first-order chi connectivity index (χ1) is 15.2. The van der Waals surface area contributed by atoms with E-state index in [2.05, 4.69) is 39.8 Å². The highest BCUT2D eigenvalue weighted by atomic mass is 16.3. The van der Waals surface area contributed by atoms with Crippen molar-refractivity contribution < 1.29 is 9.21 Å². The van der Waals surface area contributed by atoms with E-state index in [0.717, 1.165) is 45.9 Å². The van der Waals surface area contributed by atoms with Crippen molar-refractivity contribution in [3.05, 3.63) is 66.8 Å². The third kappa shape index (κ3) is 2.93. The van der Waals surface area contributed by atoms with Gasteiger partial charge in [0.2, 0.25) is 5.91 Å². The van der Waals surface area contributed by atoms with Gasteiger partial charge in [0.05, 0.1) is 24.2 Å². The topological polar surface area (TPSA) is 67.1 Å². The van der Waals surface area contributed by atoms with Crippen molar-refractivity contribution in [2.75, 3.05) is 13.1 Å². The molecule has 0 bridgehead atoms. The van der Waals surface area contributed by atoms with Gasteiger partial charge in [-0.3, -0.25) is 4.79 Å². The minimum Gasteiger partial charge on any atom is -0.464 e. The van der Waals surface area contributed by atoms with Gasteiger partial charge >= 0.3 is 0 Å². The fourth-order valence-electron chi connectivity index (χ4n) is 5.01. The number of pyridine rings is 1. The number of aromatic amines is 1. The van der Waals surface area contributed by atoms with Crippen LogP contribution in [0.4, 0.5) is 0 Å². The molecule has 0 spiro atoms. The van der Waals surface area contributed by atoms with E-state index in [1.54, 1.807) is 6.26 Å². The number of furan rings is 1. The first-order valence-electron chi connectivity index (χ1n) is 10.8. The summed E-state index contributed by atoms with van der Waals surface area (Å²) in [6.07, 6.45) is 9.09. The maximum Gasteiger partial charge on any atom is 0.227 e. The standard InChI is InChI=1S/C25H24N4O2/c1-16-7-10-28(23(30)12-18-15-31-22-5-3-2-4-19(18)22)14-21(16)29-11-8-17-13-27-25-20(24(17)29)6-9-26-25/h2-6,8-9,11,13,15-16,21H,7,10,12,14H2,1H3,(H,26,27)/t16-,21+/m1/s1. The van der Waals surface area contributed by atoms with Gasteiger partial charge in [-0.1, -0.05) is 25.1 Å². The molecule has 0 aliphatic carbocycles. The molecule has 1 amide bonds. The summed E-state index contributed by atoms with van der Waals surface area (Å²) in [6, 6.07) is 12.3. The highest BCUT2D eigenvalue weighted by Gasteiger charge is 2.31. The molecular weight excluding hydrogens is 388 g/mol. The Kier molecular flexibility index (Phi) is 4.13. The Morgan fingerprint density at radius 3 is 3.06 bits per heavy atom. The van der Waals surface area contributed by atoms with Crippen LogP contribution in [0.25, 0.3) is 32.9 Å². The first kappa shape index (κ1) is 18.2. The lowest BCUT2D eigenvalue weighted by Gasteiger charge is -2.38. The van der Waals surface area contributed by atoms with Crippen molar-refractivity contribution in [2.45, 2.75) is 25.8 Å². The van der Waals surface area contributed by atoms with E-state index in [9.17, 15) is 4.79 Å². The summed E-state index contributed by atoms with van der Waals surface area (Å²) in [7, 11) is 0. The second-order valence-corrected chi connectivity index (χ2v) is 8.63. The number of rotatable bonds is 3. The van der Waals surface area contributed by atoms with Crippen molar-refractivity contribution in [2.24, 2.45) is 5.92 Å². The first-order valence-corrected chi connectivity index (χ1v) is 10.8. The number of benzene rings is 1. The molecule has 0 radical (unpaired) electrons. The molecule has 31 heavy (non-hydrogen) atoms. The molecule has 4 aromatic heterocycles. The smallest absolute Gasteiger partial charge is 0.227 e. The Morgan fingerprint density at radius 2 is 2.13 bits per heavy atom. The number of aromatic nitrogens is 3. The SMILES string of the molecule is C[C@@H]1CCN(C(=O)Cc2coc3ccccc23)C[C@@H]1n1ccc2cnc3[nH]ccc3c21. The molecule has 6 heteroatoms. The molecule has 156 valence electrons. The maximum absolute atomic E-state index is 13.2. The van der Waals surface area contributed by atoms with E-state index in [-0.39, 0.29) is 11.9 Å². The van der Waals surface area contributed by atoms with Crippen molar-refractivity contribution in [1.82, 2.24) is 19.4 Å². The number of carbonyl (C=O) groups excluding carboxylic acids is 1. The highest BCUT2D eigenvalue weighted by molar-refractivity contribution is 6.02. The molecule has 1 aliphatic rings. The van der Waals surface area contributed by atoms with Crippen LogP contribution < -0.4 is 0 Å². The summed E-state index contributed by atoms with van der Waals surface area (Å²) >= 11 is 0. The van der Waals surface area contributed by atoms with Gasteiger partial charge in [0.25, 0.3) is 0 Å². The van der Waals surface area contributed by atoms with Crippen molar-refractivity contribution in [1.29, 1.82) is 0 Å². The fourth-order valence-corrected chi connectivity index (χ4v) is 5.01. The Hall–Kier alpha value is -3.54. The maximum atomic E-state index is 13.2. The Bertz CT molecular complexity index is 1410. The molecule has 0 unspecified atom stereocenters. The van der Waals surface area contributed by atoms with Crippen molar-refractivity contribution in [3.8, 4) is 0 Å². The number of piperidine rings is 1. The monoisotopic (exact) mass is 412 g/mol. The van der Waals surface area contributed by atoms with E-state index >= 15 is 0 Å². The van der Waals surface area contributed by atoms with Crippen LogP contribution in [0.3, 0.4) is 0 Å². The largest absolute Gasteiger partial charge is 0.464 e. The number of hydrogen-bond donors (Lipinski definition) is 1. The minimum absolute atomic E-state index is 0.161. The van der Waals surface area contributed by atoms with Crippen molar-refractivity contribution >= 4 is 38.8 Å². The predicted molar refractivity (Wildman–Crippen MR) is 121 cm³/mol. The normalized spacial score (nSPS) is 19.6. The molecule has 2 atom stereocenters. The van der Waals surface area contributed by atoms with Crippen LogP contribution in [0.1, 0.15) is 24.9 Å². The van der Waals surface area contributed by atoms with E-state index < -0.39 is 0 Å². The molecule has 1 saturated heterocycles. The zero-order chi connectivity index (χ0) is 20.9. The second-order valence-electron chi connectivity index (χ2n) is 8.63. The van der Waals surface area contributed by atoms with Gasteiger partial charge in [0.1, 0.15) is 11.2 Å².